The van der Waals surface area contributed by atoms with Crippen LogP contribution in [0.25, 0.3) is 10.9 Å². The first-order valence-electron chi connectivity index (χ1n) is 7.62. The minimum atomic E-state index is 0.138. The van der Waals surface area contributed by atoms with Gasteiger partial charge in [0.1, 0.15) is 0 Å². The molecule has 1 N–H and O–H groups in total. The molecule has 0 radical (unpaired) electrons. The van der Waals surface area contributed by atoms with Gasteiger partial charge in [-0.2, -0.15) is 0 Å². The molecule has 0 spiro atoms. The molecule has 0 bridgehead atoms. The van der Waals surface area contributed by atoms with Gasteiger partial charge in [0.05, 0.1) is 10.7 Å². The highest BCUT2D eigenvalue weighted by molar-refractivity contribution is 7.09. The number of hydrogen-bond acceptors (Lipinski definition) is 3. The Morgan fingerprint density at radius 1 is 1.18 bits per heavy atom. The van der Waals surface area contributed by atoms with Gasteiger partial charge < -0.3 is 4.98 Å². The molecule has 3 nitrogen and oxygen atoms in total. The van der Waals surface area contributed by atoms with Gasteiger partial charge in [0, 0.05) is 35.1 Å². The molecule has 22 heavy (non-hydrogen) atoms. The number of aromatic nitrogens is 2. The third kappa shape index (κ3) is 3.39. The van der Waals surface area contributed by atoms with E-state index in [4.69, 9.17) is 4.98 Å². The second kappa shape index (κ2) is 5.86. The molecule has 0 atom stereocenters. The minimum Gasteiger partial charge on any atom is -0.357 e. The zero-order chi connectivity index (χ0) is 15.7. The van der Waals surface area contributed by atoms with Gasteiger partial charge in [0.15, 0.2) is 0 Å². The van der Waals surface area contributed by atoms with Crippen LogP contribution in [0, 0.1) is 0 Å². The van der Waals surface area contributed by atoms with E-state index in [1.807, 2.05) is 0 Å². The van der Waals surface area contributed by atoms with Crippen LogP contribution in [0.1, 0.15) is 37.2 Å². The topological polar surface area (TPSA) is 31.9 Å². The Labute approximate surface area is 136 Å². The number of nitrogens with zero attached hydrogens (tertiary/aromatic N) is 2. The molecule has 4 heteroatoms. The number of H-pyrrole nitrogens is 1. The number of fused-ring (bicyclic) bond motifs is 1. The SMILES string of the molecule is CN(Cc1csc(C(C)(C)C)n1)Cc1cc2ccccc2[nH]1. The maximum absolute atomic E-state index is 4.77. The van der Waals surface area contributed by atoms with Crippen molar-refractivity contribution in [2.75, 3.05) is 7.05 Å². The first-order chi connectivity index (χ1) is 10.4. The number of para-hydroxylation sites is 1. The number of thiazole rings is 1. The fraction of sp³-hybridized carbons (Fsp3) is 0.389. The van der Waals surface area contributed by atoms with Gasteiger partial charge in [-0.3, -0.25) is 4.90 Å². The van der Waals surface area contributed by atoms with Gasteiger partial charge in [-0.05, 0) is 24.6 Å². The fourth-order valence-electron chi connectivity index (χ4n) is 2.57. The summed E-state index contributed by atoms with van der Waals surface area (Å²) in [7, 11) is 2.14. The van der Waals surface area contributed by atoms with Crippen LogP contribution in [0.4, 0.5) is 0 Å². The number of hydrogen-bond donors (Lipinski definition) is 1. The highest BCUT2D eigenvalue weighted by Gasteiger charge is 2.18. The molecule has 0 saturated carbocycles. The lowest BCUT2D eigenvalue weighted by Gasteiger charge is -2.15. The van der Waals surface area contributed by atoms with Crippen molar-refractivity contribution in [1.82, 2.24) is 14.9 Å². The largest absolute Gasteiger partial charge is 0.357 e. The number of rotatable bonds is 4. The zero-order valence-corrected chi connectivity index (χ0v) is 14.5. The third-order valence-corrected chi connectivity index (χ3v) is 4.97. The smallest absolute Gasteiger partial charge is 0.0982 e. The average molecular weight is 313 g/mol. The Balaban J connectivity index is 1.67. The van der Waals surface area contributed by atoms with Crippen molar-refractivity contribution in [2.45, 2.75) is 39.3 Å². The molecule has 0 amide bonds. The molecule has 0 aliphatic heterocycles. The molecule has 2 aromatic heterocycles. The van der Waals surface area contributed by atoms with Crippen molar-refractivity contribution in [3.8, 4) is 0 Å². The number of nitrogens with one attached hydrogen (secondary N) is 1. The summed E-state index contributed by atoms with van der Waals surface area (Å²) in [6.45, 7) is 8.41. The molecule has 3 rings (SSSR count). The normalized spacial score (nSPS) is 12.4. The molecular formula is C18H23N3S. The average Bonchev–Trinajstić information content (AvgIpc) is 3.03. The van der Waals surface area contributed by atoms with E-state index in [0.717, 1.165) is 18.8 Å². The van der Waals surface area contributed by atoms with E-state index >= 15 is 0 Å². The molecule has 116 valence electrons. The summed E-state index contributed by atoms with van der Waals surface area (Å²) in [5.41, 5.74) is 3.75. The highest BCUT2D eigenvalue weighted by Crippen LogP contribution is 2.26. The lowest BCUT2D eigenvalue weighted by atomic mass is 9.98. The quantitative estimate of drug-likeness (QED) is 0.766. The molecule has 0 aliphatic rings. The fourth-order valence-corrected chi connectivity index (χ4v) is 3.46. The summed E-state index contributed by atoms with van der Waals surface area (Å²) >= 11 is 1.76. The molecule has 0 unspecified atom stereocenters. The molecule has 3 aromatic rings. The van der Waals surface area contributed by atoms with E-state index < -0.39 is 0 Å². The van der Waals surface area contributed by atoms with Crippen molar-refractivity contribution in [1.29, 1.82) is 0 Å². The van der Waals surface area contributed by atoms with E-state index in [2.05, 4.69) is 73.4 Å². The predicted molar refractivity (Wildman–Crippen MR) is 94.3 cm³/mol. The van der Waals surface area contributed by atoms with Crippen molar-refractivity contribution in [3.05, 3.63) is 52.1 Å². The van der Waals surface area contributed by atoms with Crippen molar-refractivity contribution in [3.63, 3.8) is 0 Å². The van der Waals surface area contributed by atoms with Crippen molar-refractivity contribution >= 4 is 22.2 Å². The van der Waals surface area contributed by atoms with Gasteiger partial charge in [-0.1, -0.05) is 39.0 Å². The molecule has 1 aromatic carbocycles. The maximum atomic E-state index is 4.77. The zero-order valence-electron chi connectivity index (χ0n) is 13.7. The first-order valence-corrected chi connectivity index (χ1v) is 8.50. The van der Waals surface area contributed by atoms with Crippen LogP contribution in [0.5, 0.6) is 0 Å². The van der Waals surface area contributed by atoms with Gasteiger partial charge >= 0.3 is 0 Å². The minimum absolute atomic E-state index is 0.138. The standard InChI is InChI=1S/C18H23N3S/c1-18(2,3)17-20-15(12-22-17)11-21(4)10-14-9-13-7-5-6-8-16(13)19-14/h5-9,12,19H,10-11H2,1-4H3. The summed E-state index contributed by atoms with van der Waals surface area (Å²) < 4.78 is 0. The lowest BCUT2D eigenvalue weighted by molar-refractivity contribution is 0.312. The van der Waals surface area contributed by atoms with E-state index in [-0.39, 0.29) is 5.41 Å². The lowest BCUT2D eigenvalue weighted by Crippen LogP contribution is -2.18. The molecular weight excluding hydrogens is 290 g/mol. The van der Waals surface area contributed by atoms with Gasteiger partial charge in [0.2, 0.25) is 0 Å². The van der Waals surface area contributed by atoms with E-state index in [1.54, 1.807) is 11.3 Å². The Hall–Kier alpha value is -1.65. The van der Waals surface area contributed by atoms with Crippen LogP contribution in [0.3, 0.4) is 0 Å². The van der Waals surface area contributed by atoms with Gasteiger partial charge in [-0.25, -0.2) is 4.98 Å². The molecule has 2 heterocycles. The Bertz CT molecular complexity index is 731. The first kappa shape index (κ1) is 15.3. The van der Waals surface area contributed by atoms with Crippen LogP contribution >= 0.6 is 11.3 Å². The Kier molecular flexibility index (Phi) is 4.06. The van der Waals surface area contributed by atoms with Gasteiger partial charge in [0.25, 0.3) is 0 Å². The van der Waals surface area contributed by atoms with E-state index in [0.29, 0.717) is 0 Å². The molecule has 0 fully saturated rings. The summed E-state index contributed by atoms with van der Waals surface area (Å²) in [5.74, 6) is 0. The number of benzene rings is 1. The van der Waals surface area contributed by atoms with Crippen LogP contribution in [-0.4, -0.2) is 21.9 Å². The summed E-state index contributed by atoms with van der Waals surface area (Å²) in [6.07, 6.45) is 0. The third-order valence-electron chi connectivity index (χ3n) is 3.65. The maximum Gasteiger partial charge on any atom is 0.0982 e. The van der Waals surface area contributed by atoms with Crippen LogP contribution in [0.2, 0.25) is 0 Å². The van der Waals surface area contributed by atoms with Crippen LogP contribution in [-0.2, 0) is 18.5 Å². The Morgan fingerprint density at radius 2 is 1.95 bits per heavy atom. The summed E-state index contributed by atoms with van der Waals surface area (Å²) in [5, 5.41) is 4.67. The molecule has 0 aliphatic carbocycles. The summed E-state index contributed by atoms with van der Waals surface area (Å²) in [6, 6.07) is 10.6. The Morgan fingerprint density at radius 3 is 2.64 bits per heavy atom. The summed E-state index contributed by atoms with van der Waals surface area (Å²) in [4.78, 5) is 10.6. The highest BCUT2D eigenvalue weighted by atomic mass is 32.1. The predicted octanol–water partition coefficient (Wildman–Crippen LogP) is 4.55. The second-order valence-corrected chi connectivity index (χ2v) is 7.81. The van der Waals surface area contributed by atoms with Gasteiger partial charge in [-0.15, -0.1) is 11.3 Å². The van der Waals surface area contributed by atoms with E-state index in [1.165, 1.54) is 21.6 Å². The number of aromatic amines is 1. The van der Waals surface area contributed by atoms with Crippen LogP contribution < -0.4 is 0 Å². The second-order valence-electron chi connectivity index (χ2n) is 6.95. The van der Waals surface area contributed by atoms with Crippen molar-refractivity contribution in [2.24, 2.45) is 0 Å². The molecule has 0 saturated heterocycles. The van der Waals surface area contributed by atoms with Crippen molar-refractivity contribution < 1.29 is 0 Å². The van der Waals surface area contributed by atoms with Crippen LogP contribution in [0.15, 0.2) is 35.7 Å². The van der Waals surface area contributed by atoms with E-state index in [9.17, 15) is 0 Å². The monoisotopic (exact) mass is 313 g/mol.